The highest BCUT2D eigenvalue weighted by Gasteiger charge is 2.29. The minimum Gasteiger partial charge on any atom is -0.330 e. The summed E-state index contributed by atoms with van der Waals surface area (Å²) in [6, 6.07) is 7.46. The minimum atomic E-state index is 0.334. The molecule has 2 atom stereocenters. The molecule has 1 N–H and O–H groups in total. The Labute approximate surface area is 144 Å². The zero-order chi connectivity index (χ0) is 16.4. The van der Waals surface area contributed by atoms with Gasteiger partial charge in [0.15, 0.2) is 0 Å². The quantitative estimate of drug-likeness (QED) is 0.942. The van der Waals surface area contributed by atoms with Crippen LogP contribution in [0.25, 0.3) is 0 Å². The molecule has 2 fully saturated rings. The van der Waals surface area contributed by atoms with E-state index in [0.717, 1.165) is 18.5 Å². The molecule has 0 spiro atoms. The molecule has 0 amide bonds. The fraction of sp³-hybridized carbons (Fsp3) is 0.579. The Bertz CT molecular complexity index is 645. The number of hydrogen-bond donors (Lipinski definition) is 1. The van der Waals surface area contributed by atoms with Crippen molar-refractivity contribution in [3.8, 4) is 0 Å². The van der Waals surface area contributed by atoms with Crippen LogP contribution in [-0.2, 0) is 0 Å². The van der Waals surface area contributed by atoms with Crippen molar-refractivity contribution in [2.75, 3.05) is 20.1 Å². The second-order valence-corrected chi connectivity index (χ2v) is 7.18. The van der Waals surface area contributed by atoms with Gasteiger partial charge in [-0.1, -0.05) is 6.07 Å². The molecule has 0 radical (unpaired) electrons. The Kier molecular flexibility index (Phi) is 4.63. The molecule has 0 aliphatic carbocycles. The van der Waals surface area contributed by atoms with Gasteiger partial charge in [0.05, 0.1) is 17.8 Å². The van der Waals surface area contributed by atoms with E-state index >= 15 is 0 Å². The van der Waals surface area contributed by atoms with Crippen LogP contribution in [0.5, 0.6) is 0 Å². The fourth-order valence-corrected chi connectivity index (χ4v) is 4.13. The molecule has 128 valence electrons. The van der Waals surface area contributed by atoms with Crippen molar-refractivity contribution in [1.29, 1.82) is 0 Å². The van der Waals surface area contributed by atoms with Gasteiger partial charge >= 0.3 is 0 Å². The average molecular weight is 325 g/mol. The topological polar surface area (TPSA) is 46.0 Å². The van der Waals surface area contributed by atoms with Gasteiger partial charge in [0.25, 0.3) is 0 Å². The van der Waals surface area contributed by atoms with E-state index in [0.29, 0.717) is 18.1 Å². The van der Waals surface area contributed by atoms with Gasteiger partial charge in [-0.15, -0.1) is 0 Å². The third kappa shape index (κ3) is 3.23. The third-order valence-corrected chi connectivity index (χ3v) is 5.52. The van der Waals surface area contributed by atoms with Crippen LogP contribution in [-0.4, -0.2) is 39.6 Å². The number of hydrogen-bond acceptors (Lipinski definition) is 4. The summed E-state index contributed by atoms with van der Waals surface area (Å²) in [5, 5.41) is 3.80. The third-order valence-electron chi connectivity index (χ3n) is 5.52. The summed E-state index contributed by atoms with van der Waals surface area (Å²) >= 11 is 0. The first-order valence-electron chi connectivity index (χ1n) is 9.19. The molecule has 2 aliphatic heterocycles. The summed E-state index contributed by atoms with van der Waals surface area (Å²) in [5.74, 6) is 1.21. The molecule has 2 aromatic rings. The van der Waals surface area contributed by atoms with Gasteiger partial charge < -0.3 is 9.47 Å². The van der Waals surface area contributed by atoms with Crippen molar-refractivity contribution in [1.82, 2.24) is 24.8 Å². The molecular weight excluding hydrogens is 298 g/mol. The van der Waals surface area contributed by atoms with Gasteiger partial charge in [-0.2, -0.15) is 0 Å². The molecule has 2 aliphatic rings. The SMILES string of the molecule is CN1CCC(n2ccnc2[C@H]2CCC[C@@H](c3ccccn3)N2)CC1. The normalized spacial score (nSPS) is 26.5. The number of nitrogens with zero attached hydrogens (tertiary/aromatic N) is 4. The number of likely N-dealkylation sites (tertiary alicyclic amines) is 1. The maximum Gasteiger partial charge on any atom is 0.126 e. The van der Waals surface area contributed by atoms with E-state index in [2.05, 4.69) is 45.1 Å². The lowest BCUT2D eigenvalue weighted by molar-refractivity contribution is 0.212. The van der Waals surface area contributed by atoms with E-state index in [1.807, 2.05) is 18.5 Å². The Morgan fingerprint density at radius 3 is 2.62 bits per heavy atom. The number of piperidine rings is 2. The lowest BCUT2D eigenvalue weighted by Crippen LogP contribution is -2.35. The summed E-state index contributed by atoms with van der Waals surface area (Å²) in [6.45, 7) is 2.36. The van der Waals surface area contributed by atoms with E-state index in [1.54, 1.807) is 0 Å². The van der Waals surface area contributed by atoms with Gasteiger partial charge in [-0.25, -0.2) is 4.98 Å². The average Bonchev–Trinajstić information content (AvgIpc) is 3.13. The molecule has 24 heavy (non-hydrogen) atoms. The van der Waals surface area contributed by atoms with Gasteiger partial charge in [0, 0.05) is 24.6 Å². The molecule has 0 unspecified atom stereocenters. The first-order valence-corrected chi connectivity index (χ1v) is 9.19. The highest BCUT2D eigenvalue weighted by molar-refractivity contribution is 5.12. The lowest BCUT2D eigenvalue weighted by Gasteiger charge is -2.34. The Morgan fingerprint density at radius 2 is 1.83 bits per heavy atom. The fourth-order valence-electron chi connectivity index (χ4n) is 4.13. The molecule has 0 bridgehead atoms. The lowest BCUT2D eigenvalue weighted by atomic mass is 9.95. The molecule has 4 rings (SSSR count). The van der Waals surface area contributed by atoms with Crippen LogP contribution in [0.4, 0.5) is 0 Å². The van der Waals surface area contributed by atoms with Crippen LogP contribution in [0.15, 0.2) is 36.8 Å². The molecule has 2 aromatic heterocycles. The molecule has 0 saturated carbocycles. The Balaban J connectivity index is 1.51. The van der Waals surface area contributed by atoms with E-state index in [4.69, 9.17) is 4.98 Å². The summed E-state index contributed by atoms with van der Waals surface area (Å²) in [6.07, 6.45) is 12.0. The predicted octanol–water partition coefficient (Wildman–Crippen LogP) is 3.10. The van der Waals surface area contributed by atoms with Crippen LogP contribution in [0, 0.1) is 0 Å². The van der Waals surface area contributed by atoms with Gasteiger partial charge in [-0.05, 0) is 64.4 Å². The second kappa shape index (κ2) is 7.03. The van der Waals surface area contributed by atoms with Crippen molar-refractivity contribution in [2.24, 2.45) is 0 Å². The Hall–Kier alpha value is -1.72. The second-order valence-electron chi connectivity index (χ2n) is 7.18. The summed E-state index contributed by atoms with van der Waals surface area (Å²) in [4.78, 5) is 11.7. The smallest absolute Gasteiger partial charge is 0.126 e. The summed E-state index contributed by atoms with van der Waals surface area (Å²) < 4.78 is 2.44. The molecule has 2 saturated heterocycles. The van der Waals surface area contributed by atoms with Crippen molar-refractivity contribution in [2.45, 2.75) is 50.2 Å². The summed E-state index contributed by atoms with van der Waals surface area (Å²) in [7, 11) is 2.21. The van der Waals surface area contributed by atoms with Crippen LogP contribution in [0.2, 0.25) is 0 Å². The molecular formula is C19H27N5. The van der Waals surface area contributed by atoms with Gasteiger partial charge in [0.2, 0.25) is 0 Å². The van der Waals surface area contributed by atoms with Gasteiger partial charge in [-0.3, -0.25) is 10.3 Å². The van der Waals surface area contributed by atoms with E-state index in [9.17, 15) is 0 Å². The highest BCUT2D eigenvalue weighted by Crippen LogP contribution is 2.33. The van der Waals surface area contributed by atoms with Crippen molar-refractivity contribution < 1.29 is 0 Å². The predicted molar refractivity (Wildman–Crippen MR) is 94.7 cm³/mol. The number of pyridine rings is 1. The Morgan fingerprint density at radius 1 is 1.00 bits per heavy atom. The van der Waals surface area contributed by atoms with Crippen molar-refractivity contribution in [3.63, 3.8) is 0 Å². The zero-order valence-corrected chi connectivity index (χ0v) is 14.4. The van der Waals surface area contributed by atoms with Crippen LogP contribution in [0.3, 0.4) is 0 Å². The number of rotatable bonds is 3. The molecule has 5 heteroatoms. The first-order chi connectivity index (χ1) is 11.8. The zero-order valence-electron chi connectivity index (χ0n) is 14.4. The van der Waals surface area contributed by atoms with Gasteiger partial charge in [0.1, 0.15) is 5.82 Å². The minimum absolute atomic E-state index is 0.334. The molecule has 4 heterocycles. The van der Waals surface area contributed by atoms with Crippen LogP contribution in [0.1, 0.15) is 61.7 Å². The van der Waals surface area contributed by atoms with E-state index in [1.165, 1.54) is 38.2 Å². The molecule has 5 nitrogen and oxygen atoms in total. The summed E-state index contributed by atoms with van der Waals surface area (Å²) in [5.41, 5.74) is 1.15. The maximum atomic E-state index is 4.73. The van der Waals surface area contributed by atoms with Crippen molar-refractivity contribution in [3.05, 3.63) is 48.3 Å². The standard InChI is InChI=1S/C19H27N5/c1-23-12-8-15(9-13-23)24-14-11-21-19(24)18-7-4-6-17(22-18)16-5-2-3-10-20-16/h2-3,5,10-11,14-15,17-18,22H,4,6-9,12-13H2,1H3/t17-,18+/m0/s1. The molecule has 0 aromatic carbocycles. The number of imidazole rings is 1. The van der Waals surface area contributed by atoms with Crippen LogP contribution >= 0.6 is 0 Å². The maximum absolute atomic E-state index is 4.73. The largest absolute Gasteiger partial charge is 0.330 e. The van der Waals surface area contributed by atoms with E-state index < -0.39 is 0 Å². The highest BCUT2D eigenvalue weighted by atomic mass is 15.2. The number of nitrogens with one attached hydrogen (secondary N) is 1. The van der Waals surface area contributed by atoms with Crippen molar-refractivity contribution >= 4 is 0 Å². The number of aromatic nitrogens is 3. The first kappa shape index (κ1) is 15.8. The van der Waals surface area contributed by atoms with E-state index in [-0.39, 0.29) is 0 Å². The van der Waals surface area contributed by atoms with Crippen LogP contribution < -0.4 is 5.32 Å². The monoisotopic (exact) mass is 325 g/mol.